The number of anilines is 1. The molecule has 0 aliphatic rings. The van der Waals surface area contributed by atoms with E-state index in [2.05, 4.69) is 4.72 Å². The molecule has 4 nitrogen and oxygen atoms in total. The smallest absolute Gasteiger partial charge is 0.262 e. The van der Waals surface area contributed by atoms with Crippen LogP contribution < -0.4 is 4.72 Å². The number of rotatable bonds is 3. The maximum atomic E-state index is 12.4. The minimum atomic E-state index is -3.66. The second-order valence-corrected chi connectivity index (χ2v) is 6.53. The summed E-state index contributed by atoms with van der Waals surface area (Å²) in [4.78, 5) is 0.248. The van der Waals surface area contributed by atoms with Crippen LogP contribution in [-0.2, 0) is 10.0 Å². The Bertz CT molecular complexity index is 752. The highest BCUT2D eigenvalue weighted by Gasteiger charge is 2.17. The quantitative estimate of drug-likeness (QED) is 0.913. The lowest BCUT2D eigenvalue weighted by Gasteiger charge is -2.12. The predicted molar refractivity (Wildman–Crippen MR) is 79.6 cm³/mol. The molecule has 0 saturated carbocycles. The summed E-state index contributed by atoms with van der Waals surface area (Å²) in [6.07, 6.45) is 0. The zero-order chi connectivity index (χ0) is 14.9. The van der Waals surface area contributed by atoms with E-state index in [9.17, 15) is 13.5 Å². The number of aryl methyl sites for hydroxylation is 3. The molecule has 0 aliphatic carbocycles. The van der Waals surface area contributed by atoms with E-state index in [1.165, 1.54) is 6.07 Å². The molecule has 0 unspecified atom stereocenters. The van der Waals surface area contributed by atoms with Crippen LogP contribution in [0, 0.1) is 20.8 Å². The summed E-state index contributed by atoms with van der Waals surface area (Å²) in [5.41, 5.74) is 2.59. The van der Waals surface area contributed by atoms with Crippen molar-refractivity contribution in [3.63, 3.8) is 0 Å². The molecule has 0 radical (unpaired) electrons. The highest BCUT2D eigenvalue weighted by molar-refractivity contribution is 7.92. The Morgan fingerprint density at radius 3 is 2.25 bits per heavy atom. The molecule has 0 spiro atoms. The minimum absolute atomic E-state index is 0.0613. The summed E-state index contributed by atoms with van der Waals surface area (Å²) < 4.78 is 27.2. The van der Waals surface area contributed by atoms with Crippen LogP contribution in [-0.4, -0.2) is 13.5 Å². The third kappa shape index (κ3) is 2.93. The molecule has 0 amide bonds. The van der Waals surface area contributed by atoms with E-state index < -0.39 is 10.0 Å². The number of phenolic OH excluding ortho intramolecular Hbond substituents is 1. The average Bonchev–Trinajstić information content (AvgIpc) is 2.36. The lowest BCUT2D eigenvalue weighted by Crippen LogP contribution is -2.14. The first-order chi connectivity index (χ1) is 9.29. The second kappa shape index (κ2) is 5.17. The Morgan fingerprint density at radius 2 is 1.60 bits per heavy atom. The first-order valence-electron chi connectivity index (χ1n) is 6.19. The van der Waals surface area contributed by atoms with E-state index in [1.807, 2.05) is 13.0 Å². The largest absolute Gasteiger partial charge is 0.508 e. The maximum Gasteiger partial charge on any atom is 0.262 e. The van der Waals surface area contributed by atoms with Gasteiger partial charge in [-0.1, -0.05) is 18.2 Å². The third-order valence-electron chi connectivity index (χ3n) is 3.09. The number of sulfonamides is 1. The third-order valence-corrected chi connectivity index (χ3v) is 4.62. The summed E-state index contributed by atoms with van der Waals surface area (Å²) in [6.45, 7) is 5.34. The Balaban J connectivity index is 2.40. The first-order valence-corrected chi connectivity index (χ1v) is 7.67. The van der Waals surface area contributed by atoms with Crippen LogP contribution in [0.15, 0.2) is 41.3 Å². The molecule has 2 rings (SSSR count). The van der Waals surface area contributed by atoms with Gasteiger partial charge in [0.05, 0.1) is 10.6 Å². The minimum Gasteiger partial charge on any atom is -0.508 e. The van der Waals surface area contributed by atoms with Gasteiger partial charge in [-0.05, 0) is 49.6 Å². The van der Waals surface area contributed by atoms with E-state index in [-0.39, 0.29) is 10.6 Å². The number of phenols is 1. The maximum absolute atomic E-state index is 12.4. The van der Waals surface area contributed by atoms with Gasteiger partial charge in [0.1, 0.15) is 5.75 Å². The molecule has 5 heteroatoms. The van der Waals surface area contributed by atoms with Crippen LogP contribution in [0.5, 0.6) is 5.75 Å². The van der Waals surface area contributed by atoms with Crippen LogP contribution in [0.2, 0.25) is 0 Å². The van der Waals surface area contributed by atoms with Gasteiger partial charge in [-0.25, -0.2) is 8.42 Å². The Kier molecular flexibility index (Phi) is 3.72. The average molecular weight is 291 g/mol. The van der Waals surface area contributed by atoms with Gasteiger partial charge in [-0.3, -0.25) is 4.72 Å². The van der Waals surface area contributed by atoms with Crippen LogP contribution in [0.4, 0.5) is 5.69 Å². The molecule has 0 saturated heterocycles. The highest BCUT2D eigenvalue weighted by atomic mass is 32.2. The lowest BCUT2D eigenvalue weighted by molar-refractivity contribution is 0.471. The van der Waals surface area contributed by atoms with E-state index in [0.29, 0.717) is 16.8 Å². The molecule has 106 valence electrons. The SMILES string of the molecule is Cc1ccc(C)c(S(=O)(=O)Nc2ccc(C)c(O)c2)c1. The van der Waals surface area contributed by atoms with Gasteiger partial charge < -0.3 is 5.11 Å². The molecular formula is C15H17NO3S. The van der Waals surface area contributed by atoms with Crippen LogP contribution in [0.3, 0.4) is 0 Å². The molecule has 0 aromatic heterocycles. The van der Waals surface area contributed by atoms with Gasteiger partial charge in [-0.2, -0.15) is 0 Å². The van der Waals surface area contributed by atoms with Crippen molar-refractivity contribution in [1.82, 2.24) is 0 Å². The molecular weight excluding hydrogens is 274 g/mol. The van der Waals surface area contributed by atoms with Crippen LogP contribution in [0.1, 0.15) is 16.7 Å². The summed E-state index contributed by atoms with van der Waals surface area (Å²) in [5, 5.41) is 9.63. The molecule has 0 atom stereocenters. The summed E-state index contributed by atoms with van der Waals surface area (Å²) in [6, 6.07) is 9.96. The second-order valence-electron chi connectivity index (χ2n) is 4.88. The first kappa shape index (κ1) is 14.4. The monoisotopic (exact) mass is 291 g/mol. The fraction of sp³-hybridized carbons (Fsp3) is 0.200. The molecule has 20 heavy (non-hydrogen) atoms. The van der Waals surface area contributed by atoms with E-state index >= 15 is 0 Å². The van der Waals surface area contributed by atoms with Crippen molar-refractivity contribution >= 4 is 15.7 Å². The molecule has 0 aliphatic heterocycles. The van der Waals surface area contributed by atoms with Crippen molar-refractivity contribution < 1.29 is 13.5 Å². The van der Waals surface area contributed by atoms with Crippen molar-refractivity contribution in [2.24, 2.45) is 0 Å². The van der Waals surface area contributed by atoms with Gasteiger partial charge in [0.15, 0.2) is 0 Å². The fourth-order valence-electron chi connectivity index (χ4n) is 1.88. The van der Waals surface area contributed by atoms with Gasteiger partial charge in [-0.15, -0.1) is 0 Å². The Labute approximate surface area is 119 Å². The molecule has 2 aromatic carbocycles. The van der Waals surface area contributed by atoms with Crippen molar-refractivity contribution in [2.45, 2.75) is 25.7 Å². The van der Waals surface area contributed by atoms with Crippen molar-refractivity contribution in [2.75, 3.05) is 4.72 Å². The number of hydrogen-bond acceptors (Lipinski definition) is 3. The van der Waals surface area contributed by atoms with Crippen LogP contribution >= 0.6 is 0 Å². The van der Waals surface area contributed by atoms with Crippen LogP contribution in [0.25, 0.3) is 0 Å². The van der Waals surface area contributed by atoms with Crippen molar-refractivity contribution in [3.8, 4) is 5.75 Å². The number of hydrogen-bond donors (Lipinski definition) is 2. The fourth-order valence-corrected chi connectivity index (χ4v) is 3.26. The standard InChI is InChI=1S/C15H17NO3S/c1-10-4-5-12(3)15(8-10)20(18,19)16-13-7-6-11(2)14(17)9-13/h4-9,16-17H,1-3H3. The summed E-state index contributed by atoms with van der Waals surface area (Å²) in [7, 11) is -3.66. The molecule has 0 heterocycles. The lowest BCUT2D eigenvalue weighted by atomic mass is 10.2. The van der Waals surface area contributed by atoms with Gasteiger partial charge in [0, 0.05) is 6.07 Å². The zero-order valence-electron chi connectivity index (χ0n) is 11.6. The summed E-state index contributed by atoms with van der Waals surface area (Å²) >= 11 is 0. The van der Waals surface area contributed by atoms with Gasteiger partial charge in [0.25, 0.3) is 10.0 Å². The van der Waals surface area contributed by atoms with E-state index in [4.69, 9.17) is 0 Å². The normalized spacial score (nSPS) is 11.3. The number of benzene rings is 2. The molecule has 0 bridgehead atoms. The molecule has 0 fully saturated rings. The highest BCUT2D eigenvalue weighted by Crippen LogP contribution is 2.24. The number of nitrogens with one attached hydrogen (secondary N) is 1. The van der Waals surface area contributed by atoms with Gasteiger partial charge in [0.2, 0.25) is 0 Å². The van der Waals surface area contributed by atoms with E-state index in [1.54, 1.807) is 38.1 Å². The van der Waals surface area contributed by atoms with E-state index in [0.717, 1.165) is 5.56 Å². The molecule has 2 aromatic rings. The van der Waals surface area contributed by atoms with Crippen molar-refractivity contribution in [3.05, 3.63) is 53.1 Å². The van der Waals surface area contributed by atoms with Crippen molar-refractivity contribution in [1.29, 1.82) is 0 Å². The topological polar surface area (TPSA) is 66.4 Å². The Hall–Kier alpha value is -2.01. The molecule has 2 N–H and O–H groups in total. The summed E-state index contributed by atoms with van der Waals surface area (Å²) in [5.74, 6) is 0.0613. The zero-order valence-corrected chi connectivity index (χ0v) is 12.5. The number of aromatic hydroxyl groups is 1. The Morgan fingerprint density at radius 1 is 0.950 bits per heavy atom. The predicted octanol–water partition coefficient (Wildman–Crippen LogP) is 3.12. The van der Waals surface area contributed by atoms with Gasteiger partial charge >= 0.3 is 0 Å².